The molecule has 1 amide bonds. The lowest BCUT2D eigenvalue weighted by Gasteiger charge is -2.24. The molecule has 0 bridgehead atoms. The van der Waals surface area contributed by atoms with Crippen LogP contribution in [-0.2, 0) is 10.3 Å². The maximum absolute atomic E-state index is 12.9. The third-order valence-electron chi connectivity index (χ3n) is 3.96. The van der Waals surface area contributed by atoms with Crippen molar-refractivity contribution in [2.75, 3.05) is 7.05 Å². The Labute approximate surface area is 141 Å². The smallest absolute Gasteiger partial charge is 0.266 e. The number of ketones is 1. The summed E-state index contributed by atoms with van der Waals surface area (Å²) in [5.74, 6) is -0.237. The normalized spacial score (nSPS) is 20.7. The van der Waals surface area contributed by atoms with Gasteiger partial charge < -0.3 is 10.7 Å². The second-order valence-corrected chi connectivity index (χ2v) is 6.33. The van der Waals surface area contributed by atoms with E-state index in [0.717, 1.165) is 4.47 Å². The van der Waals surface area contributed by atoms with Gasteiger partial charge in [-0.25, -0.2) is 4.99 Å². The maximum Gasteiger partial charge on any atom is 0.266 e. The monoisotopic (exact) mass is 374 g/mol. The molecule has 1 aliphatic heterocycles. The van der Waals surface area contributed by atoms with Gasteiger partial charge in [0, 0.05) is 30.2 Å². The standard InChI is InChI=1S/C16H15BrN4O2/c1-9(22)13-7-11(8-19-13)16(10-4-3-5-12(17)6-10)14(23)21(2)15(18)20-16/h3-8,19H,1-2H3,(H2,18,20). The highest BCUT2D eigenvalue weighted by atomic mass is 79.9. The van der Waals surface area contributed by atoms with E-state index in [9.17, 15) is 9.59 Å². The van der Waals surface area contributed by atoms with E-state index in [1.807, 2.05) is 24.3 Å². The summed E-state index contributed by atoms with van der Waals surface area (Å²) in [5, 5.41) is 0. The number of aromatic nitrogens is 1. The number of carbonyl (C=O) groups excluding carboxylic acids is 2. The van der Waals surface area contributed by atoms with Crippen molar-refractivity contribution in [1.29, 1.82) is 0 Å². The van der Waals surface area contributed by atoms with Gasteiger partial charge in [-0.05, 0) is 23.8 Å². The number of hydrogen-bond acceptors (Lipinski definition) is 4. The number of aromatic amines is 1. The van der Waals surface area contributed by atoms with E-state index in [1.165, 1.54) is 11.8 Å². The molecule has 23 heavy (non-hydrogen) atoms. The fraction of sp³-hybridized carbons (Fsp3) is 0.188. The van der Waals surface area contributed by atoms with Gasteiger partial charge in [-0.15, -0.1) is 0 Å². The molecule has 1 aromatic carbocycles. The quantitative estimate of drug-likeness (QED) is 0.804. The van der Waals surface area contributed by atoms with Crippen LogP contribution in [-0.4, -0.2) is 34.6 Å². The molecule has 0 saturated heterocycles. The van der Waals surface area contributed by atoms with Crippen LogP contribution in [0.25, 0.3) is 0 Å². The van der Waals surface area contributed by atoms with Gasteiger partial charge in [0.15, 0.2) is 17.3 Å². The van der Waals surface area contributed by atoms with E-state index < -0.39 is 5.54 Å². The van der Waals surface area contributed by atoms with Crippen molar-refractivity contribution in [3.05, 3.63) is 57.8 Å². The van der Waals surface area contributed by atoms with Crippen LogP contribution >= 0.6 is 15.9 Å². The first kappa shape index (κ1) is 15.5. The van der Waals surface area contributed by atoms with Gasteiger partial charge in [-0.1, -0.05) is 28.1 Å². The van der Waals surface area contributed by atoms with E-state index in [-0.39, 0.29) is 17.6 Å². The Morgan fingerprint density at radius 2 is 2.09 bits per heavy atom. The van der Waals surface area contributed by atoms with Crippen LogP contribution in [0.3, 0.4) is 0 Å². The topological polar surface area (TPSA) is 91.6 Å². The number of rotatable bonds is 3. The minimum absolute atomic E-state index is 0.114. The molecule has 1 unspecified atom stereocenters. The lowest BCUT2D eigenvalue weighted by atomic mass is 9.84. The van der Waals surface area contributed by atoms with Crippen molar-refractivity contribution in [2.45, 2.75) is 12.5 Å². The number of amides is 1. The number of benzene rings is 1. The molecular formula is C16H15BrN4O2. The van der Waals surface area contributed by atoms with Gasteiger partial charge in [0.05, 0.1) is 5.69 Å². The number of hydrogen-bond donors (Lipinski definition) is 2. The van der Waals surface area contributed by atoms with Gasteiger partial charge in [0.1, 0.15) is 0 Å². The number of H-pyrrole nitrogens is 1. The van der Waals surface area contributed by atoms with Crippen LogP contribution in [0.1, 0.15) is 28.5 Å². The Morgan fingerprint density at radius 3 is 2.61 bits per heavy atom. The second-order valence-electron chi connectivity index (χ2n) is 5.41. The average Bonchev–Trinajstić information content (AvgIpc) is 3.08. The molecule has 0 spiro atoms. The number of nitrogens with zero attached hydrogens (tertiary/aromatic N) is 2. The molecule has 0 aliphatic carbocycles. The Balaban J connectivity index is 2.27. The molecule has 0 fully saturated rings. The molecular weight excluding hydrogens is 360 g/mol. The van der Waals surface area contributed by atoms with E-state index >= 15 is 0 Å². The highest BCUT2D eigenvalue weighted by Gasteiger charge is 2.50. The molecule has 3 rings (SSSR count). The summed E-state index contributed by atoms with van der Waals surface area (Å²) in [6, 6.07) is 8.99. The number of aliphatic imine (C=N–C) groups is 1. The summed E-state index contributed by atoms with van der Waals surface area (Å²) in [6.07, 6.45) is 1.63. The molecule has 118 valence electrons. The summed E-state index contributed by atoms with van der Waals surface area (Å²) < 4.78 is 0.827. The van der Waals surface area contributed by atoms with Crippen LogP contribution in [0.2, 0.25) is 0 Å². The summed E-state index contributed by atoms with van der Waals surface area (Å²) in [4.78, 5) is 33.2. The Morgan fingerprint density at radius 1 is 1.35 bits per heavy atom. The zero-order valence-electron chi connectivity index (χ0n) is 12.6. The zero-order valence-corrected chi connectivity index (χ0v) is 14.2. The van der Waals surface area contributed by atoms with Crippen LogP contribution < -0.4 is 5.73 Å². The van der Waals surface area contributed by atoms with Crippen LogP contribution in [0.5, 0.6) is 0 Å². The molecule has 0 radical (unpaired) electrons. The van der Waals surface area contributed by atoms with E-state index in [4.69, 9.17) is 5.73 Å². The lowest BCUT2D eigenvalue weighted by molar-refractivity contribution is -0.129. The molecule has 0 saturated carbocycles. The number of nitrogens with one attached hydrogen (secondary N) is 1. The fourth-order valence-corrected chi connectivity index (χ4v) is 3.10. The zero-order chi connectivity index (χ0) is 16.8. The molecule has 2 heterocycles. The number of halogens is 1. The number of guanidine groups is 1. The predicted octanol–water partition coefficient (Wildman–Crippen LogP) is 2.01. The van der Waals surface area contributed by atoms with Crippen LogP contribution in [0.4, 0.5) is 0 Å². The minimum atomic E-state index is -1.28. The third kappa shape index (κ3) is 2.28. The molecule has 6 nitrogen and oxygen atoms in total. The van der Waals surface area contributed by atoms with Gasteiger partial charge >= 0.3 is 0 Å². The summed E-state index contributed by atoms with van der Waals surface area (Å²) in [5.41, 5.74) is 6.29. The number of nitrogens with two attached hydrogens (primary N) is 1. The molecule has 7 heteroatoms. The number of Topliss-reactive ketones (excluding diaryl/α,β-unsaturated/α-hetero) is 1. The second kappa shape index (κ2) is 5.34. The Kier molecular flexibility index (Phi) is 3.60. The lowest BCUT2D eigenvalue weighted by Crippen LogP contribution is -2.41. The highest BCUT2D eigenvalue weighted by Crippen LogP contribution is 2.40. The van der Waals surface area contributed by atoms with Crippen LogP contribution in [0, 0.1) is 0 Å². The van der Waals surface area contributed by atoms with Crippen molar-refractivity contribution in [2.24, 2.45) is 10.7 Å². The molecule has 2 aromatic rings. The van der Waals surface area contributed by atoms with E-state index in [1.54, 1.807) is 19.3 Å². The van der Waals surface area contributed by atoms with Crippen molar-refractivity contribution in [1.82, 2.24) is 9.88 Å². The Hall–Kier alpha value is -2.41. The average molecular weight is 375 g/mol. The van der Waals surface area contributed by atoms with Gasteiger partial charge in [-0.2, -0.15) is 0 Å². The largest absolute Gasteiger partial charge is 0.369 e. The first-order valence-electron chi connectivity index (χ1n) is 6.95. The van der Waals surface area contributed by atoms with Gasteiger partial charge in [0.25, 0.3) is 5.91 Å². The van der Waals surface area contributed by atoms with Gasteiger partial charge in [0.2, 0.25) is 0 Å². The molecule has 1 atom stereocenters. The third-order valence-corrected chi connectivity index (χ3v) is 4.46. The van der Waals surface area contributed by atoms with E-state index in [0.29, 0.717) is 16.8 Å². The van der Waals surface area contributed by atoms with Crippen molar-refractivity contribution < 1.29 is 9.59 Å². The first-order chi connectivity index (χ1) is 10.9. The summed E-state index contributed by atoms with van der Waals surface area (Å²) in [6.45, 7) is 1.46. The highest BCUT2D eigenvalue weighted by molar-refractivity contribution is 9.10. The van der Waals surface area contributed by atoms with E-state index in [2.05, 4.69) is 25.9 Å². The number of likely N-dealkylation sites (N-methyl/N-ethyl adjacent to an activating group) is 1. The Bertz CT molecular complexity index is 842. The molecule has 3 N–H and O–H groups in total. The maximum atomic E-state index is 12.9. The minimum Gasteiger partial charge on any atom is -0.369 e. The van der Waals surface area contributed by atoms with Crippen molar-refractivity contribution in [3.8, 4) is 0 Å². The van der Waals surface area contributed by atoms with Crippen molar-refractivity contribution >= 4 is 33.6 Å². The summed E-state index contributed by atoms with van der Waals surface area (Å²) in [7, 11) is 1.58. The summed E-state index contributed by atoms with van der Waals surface area (Å²) >= 11 is 3.42. The van der Waals surface area contributed by atoms with Crippen molar-refractivity contribution in [3.63, 3.8) is 0 Å². The fourth-order valence-electron chi connectivity index (χ4n) is 2.70. The molecule has 1 aliphatic rings. The SMILES string of the molecule is CC(=O)c1cc(C2(c3cccc(Br)c3)N=C(N)N(C)C2=O)c[nH]1. The predicted molar refractivity (Wildman–Crippen MR) is 90.1 cm³/mol. The first-order valence-corrected chi connectivity index (χ1v) is 7.75. The van der Waals surface area contributed by atoms with Crippen LogP contribution in [0.15, 0.2) is 46.0 Å². The molecule has 1 aromatic heterocycles. The number of carbonyl (C=O) groups is 2. The van der Waals surface area contributed by atoms with Gasteiger partial charge in [-0.3, -0.25) is 14.5 Å².